The van der Waals surface area contributed by atoms with Gasteiger partial charge < -0.3 is 10.2 Å². The fourth-order valence-electron chi connectivity index (χ4n) is 5.44. The molecule has 0 bridgehead atoms. The molecule has 2 aliphatic heterocycles. The fraction of sp³-hybridized carbons (Fsp3) is 0.708. The van der Waals surface area contributed by atoms with E-state index in [2.05, 4.69) is 40.4 Å². The first-order valence-corrected chi connectivity index (χ1v) is 11.8. The van der Waals surface area contributed by atoms with Gasteiger partial charge in [-0.3, -0.25) is 9.80 Å². The van der Waals surface area contributed by atoms with Crippen molar-refractivity contribution in [3.05, 3.63) is 29.8 Å². The highest BCUT2D eigenvalue weighted by molar-refractivity contribution is 5.90. The molecule has 2 saturated heterocycles. The van der Waals surface area contributed by atoms with Crippen molar-refractivity contribution in [1.29, 1.82) is 0 Å². The molecule has 0 radical (unpaired) electrons. The average Bonchev–Trinajstić information content (AvgIpc) is 3.31. The first-order valence-electron chi connectivity index (χ1n) is 11.8. The maximum absolute atomic E-state index is 13.1. The molecule has 1 unspecified atom stereocenters. The number of carbonyl (C=O) groups excluding carboxylic acids is 1. The van der Waals surface area contributed by atoms with Crippen LogP contribution in [0.3, 0.4) is 0 Å². The third kappa shape index (κ3) is 5.32. The Kier molecular flexibility index (Phi) is 7.09. The molecule has 1 aromatic carbocycles. The first-order chi connectivity index (χ1) is 14.2. The van der Waals surface area contributed by atoms with Crippen molar-refractivity contribution in [2.45, 2.75) is 76.4 Å². The molecule has 0 spiro atoms. The van der Waals surface area contributed by atoms with Crippen LogP contribution in [0.5, 0.6) is 0 Å². The molecule has 160 valence electrons. The summed E-state index contributed by atoms with van der Waals surface area (Å²) in [4.78, 5) is 20.2. The number of nitrogens with zero attached hydrogens (tertiary/aromatic N) is 3. The SMILES string of the molecule is CN(Cc1ccccc1NC(=O)N1CCCC(N2CCCC2)C1)C1CCCCC1. The summed E-state index contributed by atoms with van der Waals surface area (Å²) in [7, 11) is 2.24. The lowest BCUT2D eigenvalue weighted by Crippen LogP contribution is -2.50. The number of piperidine rings is 1. The lowest BCUT2D eigenvalue weighted by Gasteiger charge is -2.37. The van der Waals surface area contributed by atoms with Crippen molar-refractivity contribution in [1.82, 2.24) is 14.7 Å². The monoisotopic (exact) mass is 398 g/mol. The number of para-hydroxylation sites is 1. The van der Waals surface area contributed by atoms with E-state index < -0.39 is 0 Å². The molecular weight excluding hydrogens is 360 g/mol. The zero-order valence-electron chi connectivity index (χ0n) is 18.1. The summed E-state index contributed by atoms with van der Waals surface area (Å²) in [5.74, 6) is 0. The van der Waals surface area contributed by atoms with Crippen LogP contribution in [0, 0.1) is 0 Å². The van der Waals surface area contributed by atoms with Crippen LogP contribution in [0.2, 0.25) is 0 Å². The van der Waals surface area contributed by atoms with E-state index in [-0.39, 0.29) is 6.03 Å². The van der Waals surface area contributed by atoms with Crippen molar-refractivity contribution in [2.75, 3.05) is 38.5 Å². The Hall–Kier alpha value is -1.59. The quantitative estimate of drug-likeness (QED) is 0.791. The Morgan fingerprint density at radius 3 is 2.55 bits per heavy atom. The smallest absolute Gasteiger partial charge is 0.321 e. The molecule has 1 aromatic rings. The van der Waals surface area contributed by atoms with Crippen LogP contribution in [0.4, 0.5) is 10.5 Å². The first kappa shape index (κ1) is 20.7. The van der Waals surface area contributed by atoms with Crippen LogP contribution in [-0.2, 0) is 6.54 Å². The summed E-state index contributed by atoms with van der Waals surface area (Å²) in [5.41, 5.74) is 2.20. The number of hydrogen-bond donors (Lipinski definition) is 1. The van der Waals surface area contributed by atoms with Gasteiger partial charge in [0, 0.05) is 37.4 Å². The number of amides is 2. The van der Waals surface area contributed by atoms with Crippen molar-refractivity contribution in [3.8, 4) is 0 Å². The van der Waals surface area contributed by atoms with Gasteiger partial charge in [0.15, 0.2) is 0 Å². The molecule has 29 heavy (non-hydrogen) atoms. The predicted octanol–water partition coefficient (Wildman–Crippen LogP) is 4.54. The lowest BCUT2D eigenvalue weighted by molar-refractivity contribution is 0.131. The minimum Gasteiger partial charge on any atom is -0.323 e. The maximum atomic E-state index is 13.1. The van der Waals surface area contributed by atoms with Crippen molar-refractivity contribution in [3.63, 3.8) is 0 Å². The van der Waals surface area contributed by atoms with Gasteiger partial charge in [0.05, 0.1) is 0 Å². The van der Waals surface area contributed by atoms with E-state index in [1.165, 1.54) is 70.0 Å². The minimum atomic E-state index is 0.0710. The Bertz CT molecular complexity index is 667. The van der Waals surface area contributed by atoms with Crippen LogP contribution < -0.4 is 5.32 Å². The van der Waals surface area contributed by atoms with E-state index in [0.29, 0.717) is 12.1 Å². The van der Waals surface area contributed by atoms with Crippen LogP contribution >= 0.6 is 0 Å². The topological polar surface area (TPSA) is 38.8 Å². The van der Waals surface area contributed by atoms with Crippen LogP contribution in [0.1, 0.15) is 63.4 Å². The number of nitrogens with one attached hydrogen (secondary N) is 1. The van der Waals surface area contributed by atoms with Gasteiger partial charge in [-0.2, -0.15) is 0 Å². The second kappa shape index (κ2) is 9.94. The second-order valence-electron chi connectivity index (χ2n) is 9.28. The molecule has 3 fully saturated rings. The van der Waals surface area contributed by atoms with Crippen LogP contribution in [0.25, 0.3) is 0 Å². The molecule has 1 N–H and O–H groups in total. The zero-order valence-corrected chi connectivity index (χ0v) is 18.1. The average molecular weight is 399 g/mol. The zero-order chi connectivity index (χ0) is 20.1. The largest absolute Gasteiger partial charge is 0.323 e. The minimum absolute atomic E-state index is 0.0710. The van der Waals surface area contributed by atoms with Crippen LogP contribution in [-0.4, -0.2) is 66.0 Å². The number of benzene rings is 1. The van der Waals surface area contributed by atoms with E-state index in [4.69, 9.17) is 0 Å². The molecule has 1 aliphatic carbocycles. The highest BCUT2D eigenvalue weighted by Gasteiger charge is 2.29. The summed E-state index contributed by atoms with van der Waals surface area (Å²) in [6.45, 7) is 5.06. The lowest BCUT2D eigenvalue weighted by atomic mass is 9.94. The Balaban J connectivity index is 1.36. The number of likely N-dealkylation sites (tertiary alicyclic amines) is 2. The molecule has 2 amide bonds. The number of anilines is 1. The third-order valence-corrected chi connectivity index (χ3v) is 7.22. The van der Waals surface area contributed by atoms with Crippen molar-refractivity contribution < 1.29 is 4.79 Å². The van der Waals surface area contributed by atoms with Gasteiger partial charge >= 0.3 is 6.03 Å². The Labute approximate surface area is 176 Å². The van der Waals surface area contributed by atoms with Gasteiger partial charge in [-0.25, -0.2) is 4.79 Å². The number of carbonyl (C=O) groups is 1. The number of rotatable bonds is 5. The fourth-order valence-corrected chi connectivity index (χ4v) is 5.44. The van der Waals surface area contributed by atoms with Gasteiger partial charge in [-0.05, 0) is 70.3 Å². The van der Waals surface area contributed by atoms with E-state index >= 15 is 0 Å². The molecule has 5 nitrogen and oxygen atoms in total. The van der Waals surface area contributed by atoms with Gasteiger partial charge in [-0.1, -0.05) is 37.5 Å². The van der Waals surface area contributed by atoms with Gasteiger partial charge in [0.25, 0.3) is 0 Å². The van der Waals surface area contributed by atoms with E-state index in [1.807, 2.05) is 11.0 Å². The Morgan fingerprint density at radius 2 is 1.76 bits per heavy atom. The van der Waals surface area contributed by atoms with E-state index in [1.54, 1.807) is 0 Å². The number of hydrogen-bond acceptors (Lipinski definition) is 3. The highest BCUT2D eigenvalue weighted by atomic mass is 16.2. The molecule has 1 atom stereocenters. The van der Waals surface area contributed by atoms with Crippen molar-refractivity contribution >= 4 is 11.7 Å². The highest BCUT2D eigenvalue weighted by Crippen LogP contribution is 2.26. The standard InChI is InChI=1S/C24H38N4O/c1-26(21-11-3-2-4-12-21)18-20-10-5-6-14-23(20)25-24(29)28-17-9-13-22(19-28)27-15-7-8-16-27/h5-6,10,14,21-22H,2-4,7-9,11-13,15-19H2,1H3,(H,25,29). The summed E-state index contributed by atoms with van der Waals surface area (Å²) in [5, 5.41) is 3.24. The summed E-state index contributed by atoms with van der Waals surface area (Å²) < 4.78 is 0. The molecule has 4 rings (SSSR count). The third-order valence-electron chi connectivity index (χ3n) is 7.22. The molecular formula is C24H38N4O. The maximum Gasteiger partial charge on any atom is 0.321 e. The van der Waals surface area contributed by atoms with Crippen LogP contribution in [0.15, 0.2) is 24.3 Å². The molecule has 1 saturated carbocycles. The summed E-state index contributed by atoms with van der Waals surface area (Å²) in [6.07, 6.45) is 11.6. The summed E-state index contributed by atoms with van der Waals surface area (Å²) in [6, 6.07) is 9.64. The number of urea groups is 1. The molecule has 3 aliphatic rings. The molecule has 5 heteroatoms. The predicted molar refractivity (Wildman–Crippen MR) is 119 cm³/mol. The summed E-state index contributed by atoms with van der Waals surface area (Å²) >= 11 is 0. The van der Waals surface area contributed by atoms with Crippen molar-refractivity contribution in [2.24, 2.45) is 0 Å². The van der Waals surface area contributed by atoms with E-state index in [9.17, 15) is 4.79 Å². The molecule has 0 aromatic heterocycles. The van der Waals surface area contributed by atoms with Gasteiger partial charge in [0.2, 0.25) is 0 Å². The normalized spacial score (nSPS) is 24.2. The van der Waals surface area contributed by atoms with Gasteiger partial charge in [0.1, 0.15) is 0 Å². The van der Waals surface area contributed by atoms with Gasteiger partial charge in [-0.15, -0.1) is 0 Å². The molecule has 2 heterocycles. The van der Waals surface area contributed by atoms with E-state index in [0.717, 1.165) is 31.7 Å². The Morgan fingerprint density at radius 1 is 1.00 bits per heavy atom. The second-order valence-corrected chi connectivity index (χ2v) is 9.28.